The molecule has 1 aromatic carbocycles. The molecule has 0 saturated carbocycles. The maximum atomic E-state index is 15.1. The number of rotatable bonds is 4. The number of methoxy groups -OCH3 is 1. The lowest BCUT2D eigenvalue weighted by molar-refractivity contribution is 0.0529. The number of ether oxygens (including phenoxy) is 2. The van der Waals surface area contributed by atoms with Crippen molar-refractivity contribution in [1.82, 2.24) is 24.6 Å². The van der Waals surface area contributed by atoms with Crippen LogP contribution in [0.1, 0.15) is 30.4 Å². The van der Waals surface area contributed by atoms with Gasteiger partial charge >= 0.3 is 12.1 Å². The third-order valence-electron chi connectivity index (χ3n) is 6.81. The van der Waals surface area contributed by atoms with Gasteiger partial charge in [0.2, 0.25) is 0 Å². The fourth-order valence-electron chi connectivity index (χ4n) is 5.00. The highest BCUT2D eigenvalue weighted by Crippen LogP contribution is 2.35. The molecule has 0 radical (unpaired) electrons. The number of benzene rings is 1. The molecule has 1 amide bonds. The molecule has 2 saturated heterocycles. The lowest BCUT2D eigenvalue weighted by Gasteiger charge is -2.34. The summed E-state index contributed by atoms with van der Waals surface area (Å²) in [6.07, 6.45) is -0.0856. The first-order valence-electron chi connectivity index (χ1n) is 11.7. The fourth-order valence-corrected chi connectivity index (χ4v) is 5.00. The lowest BCUT2D eigenvalue weighted by atomic mass is 9.85. The molecule has 4 heterocycles. The first kappa shape index (κ1) is 23.3. The number of carbonyl (C=O) groups is 1. The van der Waals surface area contributed by atoms with E-state index in [9.17, 15) is 9.90 Å². The first-order valence-corrected chi connectivity index (χ1v) is 11.7. The molecule has 3 atom stereocenters. The van der Waals surface area contributed by atoms with Crippen LogP contribution in [0, 0.1) is 6.92 Å². The number of hydrogen-bond acceptors (Lipinski definition) is 7. The minimum Gasteiger partial charge on any atom is -0.467 e. The van der Waals surface area contributed by atoms with Crippen molar-refractivity contribution in [2.24, 2.45) is 0 Å². The summed E-state index contributed by atoms with van der Waals surface area (Å²) in [6, 6.07) is 6.05. The number of morpholine rings is 1. The molecule has 1 N–H and O–H groups in total. The molecule has 0 spiro atoms. The predicted molar refractivity (Wildman–Crippen MR) is 127 cm³/mol. The van der Waals surface area contributed by atoms with Gasteiger partial charge in [-0.1, -0.05) is 0 Å². The molecular formula is C24H29FN6O4. The second-order valence-corrected chi connectivity index (χ2v) is 9.16. The molecule has 35 heavy (non-hydrogen) atoms. The molecule has 2 unspecified atom stereocenters. The molecular weight excluding hydrogens is 455 g/mol. The van der Waals surface area contributed by atoms with Crippen molar-refractivity contribution in [1.29, 1.82) is 0 Å². The average Bonchev–Trinajstić information content (AvgIpc) is 3.25. The zero-order valence-corrected chi connectivity index (χ0v) is 20.0. The third-order valence-corrected chi connectivity index (χ3v) is 6.81. The number of likely N-dealkylation sites (tertiary alicyclic amines) is 1. The summed E-state index contributed by atoms with van der Waals surface area (Å²) in [7, 11) is 1.53. The number of carboxylic acid groups (broad SMARTS) is 1. The highest BCUT2D eigenvalue weighted by Gasteiger charge is 2.33. The van der Waals surface area contributed by atoms with Crippen molar-refractivity contribution in [3.63, 3.8) is 0 Å². The maximum Gasteiger partial charge on any atom is 0.407 e. The maximum absolute atomic E-state index is 15.1. The largest absolute Gasteiger partial charge is 0.467 e. The molecule has 186 valence electrons. The van der Waals surface area contributed by atoms with Gasteiger partial charge in [0.1, 0.15) is 12.0 Å². The van der Waals surface area contributed by atoms with Crippen molar-refractivity contribution >= 4 is 22.8 Å². The highest BCUT2D eigenvalue weighted by molar-refractivity contribution is 5.82. The minimum absolute atomic E-state index is 0.0883. The van der Waals surface area contributed by atoms with Crippen LogP contribution in [0.4, 0.5) is 15.0 Å². The molecule has 2 aliphatic heterocycles. The first-order chi connectivity index (χ1) is 16.8. The number of halogens is 1. The molecule has 2 fully saturated rings. The van der Waals surface area contributed by atoms with Gasteiger partial charge in [-0.25, -0.2) is 13.9 Å². The van der Waals surface area contributed by atoms with E-state index in [-0.39, 0.29) is 24.6 Å². The quantitative estimate of drug-likeness (QED) is 0.602. The Hall–Kier alpha value is -3.47. The SMILES string of the molecule is COc1nc(N2CCO[C@@H](C)C2)cc(-n2ncc3cc(C)c(C4CCN(C(=O)O)CC4F)cc32)n1. The van der Waals surface area contributed by atoms with E-state index in [2.05, 4.69) is 20.0 Å². The van der Waals surface area contributed by atoms with Crippen molar-refractivity contribution in [3.05, 3.63) is 35.5 Å². The number of anilines is 1. The van der Waals surface area contributed by atoms with Gasteiger partial charge in [-0.15, -0.1) is 0 Å². The second kappa shape index (κ2) is 9.29. The zero-order chi connectivity index (χ0) is 24.7. The molecule has 2 aliphatic rings. The normalized spacial score (nSPS) is 23.0. The zero-order valence-electron chi connectivity index (χ0n) is 20.0. The topological polar surface area (TPSA) is 106 Å². The van der Waals surface area contributed by atoms with Gasteiger partial charge in [-0.05, 0) is 43.5 Å². The van der Waals surface area contributed by atoms with Crippen molar-refractivity contribution < 1.29 is 23.8 Å². The Labute approximate surface area is 202 Å². The molecule has 2 aromatic heterocycles. The van der Waals surface area contributed by atoms with Gasteiger partial charge in [-0.2, -0.15) is 15.1 Å². The molecule has 5 rings (SSSR count). The van der Waals surface area contributed by atoms with Crippen LogP contribution < -0.4 is 9.64 Å². The Bertz CT molecular complexity index is 1250. The van der Waals surface area contributed by atoms with E-state index >= 15 is 4.39 Å². The minimum atomic E-state index is -1.28. The number of alkyl halides is 1. The van der Waals surface area contributed by atoms with Crippen LogP contribution in [0.25, 0.3) is 16.7 Å². The summed E-state index contributed by atoms with van der Waals surface area (Å²) in [4.78, 5) is 23.6. The number of aryl methyl sites for hydroxylation is 1. The number of nitrogens with zero attached hydrogens (tertiary/aromatic N) is 6. The van der Waals surface area contributed by atoms with Crippen molar-refractivity contribution in [2.75, 3.05) is 44.8 Å². The van der Waals surface area contributed by atoms with Gasteiger partial charge in [0, 0.05) is 37.0 Å². The number of piperidine rings is 1. The monoisotopic (exact) mass is 484 g/mol. The Kier molecular flexibility index (Phi) is 6.18. The van der Waals surface area contributed by atoms with E-state index in [0.29, 0.717) is 38.5 Å². The van der Waals surface area contributed by atoms with E-state index in [0.717, 1.165) is 32.7 Å². The van der Waals surface area contributed by atoms with Gasteiger partial charge in [0.25, 0.3) is 0 Å². The Morgan fingerprint density at radius 2 is 2.00 bits per heavy atom. The van der Waals surface area contributed by atoms with Gasteiger partial charge in [-0.3, -0.25) is 0 Å². The molecule has 10 nitrogen and oxygen atoms in total. The van der Waals surface area contributed by atoms with Gasteiger partial charge in [0.05, 0.1) is 38.1 Å². The van der Waals surface area contributed by atoms with Crippen molar-refractivity contribution in [3.8, 4) is 11.8 Å². The summed E-state index contributed by atoms with van der Waals surface area (Å²) >= 11 is 0. The highest BCUT2D eigenvalue weighted by atomic mass is 19.1. The van der Waals surface area contributed by atoms with Crippen LogP contribution in [-0.2, 0) is 4.74 Å². The Balaban J connectivity index is 1.53. The standard InChI is InChI=1S/C24H29FN6O4/c1-14-8-16-11-26-31(20(16)9-18(14)17-4-5-30(24(32)33)13-19(17)25)22-10-21(27-23(28-22)34-3)29-6-7-35-15(2)12-29/h8-11,15,17,19H,4-7,12-13H2,1-3H3,(H,32,33)/t15-,17?,19?/m0/s1. The summed E-state index contributed by atoms with van der Waals surface area (Å²) in [5.41, 5.74) is 2.61. The van der Waals surface area contributed by atoms with Crippen LogP contribution in [-0.4, -0.2) is 88.0 Å². The molecule has 0 bridgehead atoms. The van der Waals surface area contributed by atoms with E-state index < -0.39 is 12.3 Å². The Morgan fingerprint density at radius 1 is 1.20 bits per heavy atom. The van der Waals surface area contributed by atoms with E-state index in [1.165, 1.54) is 7.11 Å². The lowest BCUT2D eigenvalue weighted by Crippen LogP contribution is -2.43. The number of fused-ring (bicyclic) bond motifs is 1. The average molecular weight is 485 g/mol. The predicted octanol–water partition coefficient (Wildman–Crippen LogP) is 3.16. The van der Waals surface area contributed by atoms with Crippen molar-refractivity contribution in [2.45, 2.75) is 38.5 Å². The Morgan fingerprint density at radius 3 is 2.71 bits per heavy atom. The fraction of sp³-hybridized carbons (Fsp3) is 0.500. The summed E-state index contributed by atoms with van der Waals surface area (Å²) in [5, 5.41) is 14.7. The van der Waals surface area contributed by atoms with Crippen LogP contribution in [0.5, 0.6) is 6.01 Å². The molecule has 0 aliphatic carbocycles. The van der Waals surface area contributed by atoms with Gasteiger partial charge < -0.3 is 24.4 Å². The smallest absolute Gasteiger partial charge is 0.407 e. The van der Waals surface area contributed by atoms with Crippen LogP contribution >= 0.6 is 0 Å². The second-order valence-electron chi connectivity index (χ2n) is 9.16. The van der Waals surface area contributed by atoms with Crippen LogP contribution in [0.3, 0.4) is 0 Å². The molecule has 11 heteroatoms. The van der Waals surface area contributed by atoms with Crippen LogP contribution in [0.2, 0.25) is 0 Å². The number of hydrogen-bond donors (Lipinski definition) is 1. The third kappa shape index (κ3) is 4.47. The summed E-state index contributed by atoms with van der Waals surface area (Å²) in [6.45, 7) is 6.18. The van der Waals surface area contributed by atoms with Gasteiger partial charge in [0.15, 0.2) is 5.82 Å². The number of amides is 1. The van der Waals surface area contributed by atoms with E-state index in [1.807, 2.05) is 32.0 Å². The van der Waals surface area contributed by atoms with Crippen LogP contribution in [0.15, 0.2) is 24.4 Å². The summed E-state index contributed by atoms with van der Waals surface area (Å²) < 4.78 is 27.8. The van der Waals surface area contributed by atoms with E-state index in [1.54, 1.807) is 10.9 Å². The molecule has 3 aromatic rings. The van der Waals surface area contributed by atoms with E-state index in [4.69, 9.17) is 9.47 Å². The summed E-state index contributed by atoms with van der Waals surface area (Å²) in [5.74, 6) is 0.889. The number of aromatic nitrogens is 4.